The minimum atomic E-state index is 0.464. The van der Waals surface area contributed by atoms with Crippen LogP contribution in [-0.4, -0.2) is 7.11 Å². The normalized spacial score (nSPS) is 10.1. The SMILES string of the molecule is COc1ccc(CCl)cc1OCc1ccccc1. The third kappa shape index (κ3) is 3.17. The molecule has 0 atom stereocenters. The van der Waals surface area contributed by atoms with Crippen LogP contribution in [0, 0.1) is 0 Å². The Labute approximate surface area is 112 Å². The molecule has 2 aromatic rings. The van der Waals surface area contributed by atoms with Crippen LogP contribution in [0.4, 0.5) is 0 Å². The van der Waals surface area contributed by atoms with Gasteiger partial charge in [-0.15, -0.1) is 11.6 Å². The number of benzene rings is 2. The van der Waals surface area contributed by atoms with E-state index in [9.17, 15) is 0 Å². The molecule has 0 amide bonds. The van der Waals surface area contributed by atoms with E-state index in [0.717, 1.165) is 22.6 Å². The minimum Gasteiger partial charge on any atom is -0.493 e. The summed E-state index contributed by atoms with van der Waals surface area (Å²) in [4.78, 5) is 0. The Morgan fingerprint density at radius 1 is 0.944 bits per heavy atom. The predicted octanol–water partition coefficient (Wildman–Crippen LogP) is 4.01. The number of halogens is 1. The van der Waals surface area contributed by atoms with E-state index in [2.05, 4.69) is 0 Å². The molecule has 0 N–H and O–H groups in total. The summed E-state index contributed by atoms with van der Waals surface area (Å²) in [7, 11) is 1.63. The van der Waals surface area contributed by atoms with E-state index in [1.807, 2.05) is 48.5 Å². The maximum absolute atomic E-state index is 5.82. The van der Waals surface area contributed by atoms with E-state index in [-0.39, 0.29) is 0 Å². The Hall–Kier alpha value is -1.67. The van der Waals surface area contributed by atoms with Gasteiger partial charge in [0.05, 0.1) is 7.11 Å². The maximum atomic E-state index is 5.82. The quantitative estimate of drug-likeness (QED) is 0.758. The van der Waals surface area contributed by atoms with E-state index in [1.165, 1.54) is 0 Å². The summed E-state index contributed by atoms with van der Waals surface area (Å²) < 4.78 is 11.0. The van der Waals surface area contributed by atoms with Crippen LogP contribution < -0.4 is 9.47 Å². The monoisotopic (exact) mass is 262 g/mol. The third-order valence-corrected chi connectivity index (χ3v) is 2.93. The van der Waals surface area contributed by atoms with Crippen LogP contribution in [0.5, 0.6) is 11.5 Å². The van der Waals surface area contributed by atoms with E-state index >= 15 is 0 Å². The molecular weight excluding hydrogens is 248 g/mol. The van der Waals surface area contributed by atoms with Gasteiger partial charge in [-0.2, -0.15) is 0 Å². The summed E-state index contributed by atoms with van der Waals surface area (Å²) in [5, 5.41) is 0. The lowest BCUT2D eigenvalue weighted by molar-refractivity contribution is 0.284. The molecule has 2 rings (SSSR count). The molecule has 0 spiro atoms. The van der Waals surface area contributed by atoms with E-state index in [1.54, 1.807) is 7.11 Å². The fraction of sp³-hybridized carbons (Fsp3) is 0.200. The van der Waals surface area contributed by atoms with Gasteiger partial charge in [0.25, 0.3) is 0 Å². The summed E-state index contributed by atoms with van der Waals surface area (Å²) >= 11 is 5.82. The second-order valence-electron chi connectivity index (χ2n) is 3.89. The van der Waals surface area contributed by atoms with E-state index in [4.69, 9.17) is 21.1 Å². The summed E-state index contributed by atoms with van der Waals surface area (Å²) in [6.07, 6.45) is 0. The molecule has 3 heteroatoms. The molecule has 2 nitrogen and oxygen atoms in total. The van der Waals surface area contributed by atoms with Crippen molar-refractivity contribution < 1.29 is 9.47 Å². The number of rotatable bonds is 5. The Morgan fingerprint density at radius 3 is 2.39 bits per heavy atom. The highest BCUT2D eigenvalue weighted by molar-refractivity contribution is 6.17. The maximum Gasteiger partial charge on any atom is 0.161 e. The zero-order chi connectivity index (χ0) is 12.8. The number of hydrogen-bond donors (Lipinski definition) is 0. The standard InChI is InChI=1S/C15H15ClO2/c1-17-14-8-7-13(10-16)9-15(14)18-11-12-5-3-2-4-6-12/h2-9H,10-11H2,1H3. The summed E-state index contributed by atoms with van der Waals surface area (Å²) in [5.41, 5.74) is 2.14. The smallest absolute Gasteiger partial charge is 0.161 e. The molecule has 0 aliphatic carbocycles. The molecule has 0 radical (unpaired) electrons. The Morgan fingerprint density at radius 2 is 1.72 bits per heavy atom. The first-order valence-electron chi connectivity index (χ1n) is 5.73. The highest BCUT2D eigenvalue weighted by Crippen LogP contribution is 2.29. The molecule has 0 aromatic heterocycles. The molecule has 18 heavy (non-hydrogen) atoms. The van der Waals surface area contributed by atoms with Crippen molar-refractivity contribution in [3.05, 3.63) is 59.7 Å². The van der Waals surface area contributed by atoms with Gasteiger partial charge in [-0.1, -0.05) is 36.4 Å². The van der Waals surface area contributed by atoms with Gasteiger partial charge in [-0.3, -0.25) is 0 Å². The van der Waals surface area contributed by atoms with Crippen molar-refractivity contribution in [2.45, 2.75) is 12.5 Å². The van der Waals surface area contributed by atoms with Gasteiger partial charge in [-0.05, 0) is 23.3 Å². The van der Waals surface area contributed by atoms with Crippen molar-refractivity contribution >= 4 is 11.6 Å². The number of methoxy groups -OCH3 is 1. The predicted molar refractivity (Wildman–Crippen MR) is 73.3 cm³/mol. The molecule has 0 fully saturated rings. The Kier molecular flexibility index (Phi) is 4.48. The molecule has 0 saturated carbocycles. The van der Waals surface area contributed by atoms with Gasteiger partial charge in [0.2, 0.25) is 0 Å². The van der Waals surface area contributed by atoms with Crippen LogP contribution in [0.2, 0.25) is 0 Å². The average molecular weight is 263 g/mol. The highest BCUT2D eigenvalue weighted by atomic mass is 35.5. The lowest BCUT2D eigenvalue weighted by atomic mass is 10.2. The van der Waals surface area contributed by atoms with Crippen LogP contribution in [0.25, 0.3) is 0 Å². The molecule has 0 aliphatic rings. The highest BCUT2D eigenvalue weighted by Gasteiger charge is 2.05. The third-order valence-electron chi connectivity index (χ3n) is 2.62. The van der Waals surface area contributed by atoms with Gasteiger partial charge in [0.1, 0.15) is 6.61 Å². The lowest BCUT2D eigenvalue weighted by Gasteiger charge is -2.11. The van der Waals surface area contributed by atoms with E-state index in [0.29, 0.717) is 12.5 Å². The molecule has 0 heterocycles. The average Bonchev–Trinajstić information content (AvgIpc) is 2.45. The first-order valence-corrected chi connectivity index (χ1v) is 6.26. The van der Waals surface area contributed by atoms with Crippen molar-refractivity contribution in [3.63, 3.8) is 0 Å². The first-order chi connectivity index (χ1) is 8.83. The summed E-state index contributed by atoms with van der Waals surface area (Å²) in [5.74, 6) is 1.91. The second-order valence-corrected chi connectivity index (χ2v) is 4.16. The molecule has 0 saturated heterocycles. The van der Waals surface area contributed by atoms with Gasteiger partial charge in [0, 0.05) is 5.88 Å². The Bertz CT molecular complexity index is 497. The molecule has 0 aliphatic heterocycles. The molecule has 0 bridgehead atoms. The molecular formula is C15H15ClO2. The number of alkyl halides is 1. The summed E-state index contributed by atoms with van der Waals surface area (Å²) in [6, 6.07) is 15.7. The zero-order valence-corrected chi connectivity index (χ0v) is 11.0. The van der Waals surface area contributed by atoms with Crippen LogP contribution in [0.3, 0.4) is 0 Å². The number of hydrogen-bond acceptors (Lipinski definition) is 2. The van der Waals surface area contributed by atoms with Crippen LogP contribution in [-0.2, 0) is 12.5 Å². The van der Waals surface area contributed by atoms with Crippen molar-refractivity contribution in [1.29, 1.82) is 0 Å². The summed E-state index contributed by atoms with van der Waals surface area (Å²) in [6.45, 7) is 0.517. The zero-order valence-electron chi connectivity index (χ0n) is 10.2. The Balaban J connectivity index is 2.12. The molecule has 0 unspecified atom stereocenters. The van der Waals surface area contributed by atoms with Crippen LogP contribution >= 0.6 is 11.6 Å². The van der Waals surface area contributed by atoms with E-state index < -0.39 is 0 Å². The van der Waals surface area contributed by atoms with Gasteiger partial charge in [0.15, 0.2) is 11.5 Å². The fourth-order valence-electron chi connectivity index (χ4n) is 1.65. The minimum absolute atomic E-state index is 0.464. The van der Waals surface area contributed by atoms with Gasteiger partial charge in [-0.25, -0.2) is 0 Å². The first kappa shape index (κ1) is 12.8. The van der Waals surface area contributed by atoms with Crippen LogP contribution in [0.15, 0.2) is 48.5 Å². The lowest BCUT2D eigenvalue weighted by Crippen LogP contribution is -1.98. The van der Waals surface area contributed by atoms with Crippen molar-refractivity contribution in [2.24, 2.45) is 0 Å². The number of ether oxygens (including phenoxy) is 2. The fourth-order valence-corrected chi connectivity index (χ4v) is 1.82. The second kappa shape index (κ2) is 6.31. The molecule has 94 valence electrons. The van der Waals surface area contributed by atoms with Crippen LogP contribution in [0.1, 0.15) is 11.1 Å². The van der Waals surface area contributed by atoms with Gasteiger partial charge < -0.3 is 9.47 Å². The van der Waals surface area contributed by atoms with Crippen molar-refractivity contribution in [2.75, 3.05) is 7.11 Å². The topological polar surface area (TPSA) is 18.5 Å². The molecule has 2 aromatic carbocycles. The van der Waals surface area contributed by atoms with Gasteiger partial charge >= 0.3 is 0 Å². The largest absolute Gasteiger partial charge is 0.493 e. The van der Waals surface area contributed by atoms with Crippen molar-refractivity contribution in [3.8, 4) is 11.5 Å². The van der Waals surface area contributed by atoms with Crippen molar-refractivity contribution in [1.82, 2.24) is 0 Å².